The summed E-state index contributed by atoms with van der Waals surface area (Å²) in [5, 5.41) is 43.3. The lowest BCUT2D eigenvalue weighted by atomic mass is 10.0. The molecule has 0 spiro atoms. The molecule has 4 aliphatic rings. The molecular formula is C13H19NO9. The Hall–Kier alpha value is -0.850. The Kier molecular flexibility index (Phi) is 4.02. The van der Waals surface area contributed by atoms with Gasteiger partial charge in [0.1, 0.15) is 36.6 Å². The predicted molar refractivity (Wildman–Crippen MR) is 70.2 cm³/mol. The van der Waals surface area contributed by atoms with Crippen molar-refractivity contribution in [1.82, 2.24) is 0 Å². The minimum absolute atomic E-state index is 0.0497. The molecule has 3 saturated heterocycles. The summed E-state index contributed by atoms with van der Waals surface area (Å²) in [5.74, 6) is 0. The molecule has 0 aromatic rings. The standard InChI is InChI=1S/C13H19NO9/c15-7-10-6(21-12(7)17)3-20-11-8(16)13(18)22-9(11)5-1-4(2-19-10)23-14-5/h4,6-13,15-18H,1-3H2/t4-,6-,7-,8-,9-,10+,11-,12?,13?/m1/s1. The summed E-state index contributed by atoms with van der Waals surface area (Å²) in [4.78, 5) is 5.26. The van der Waals surface area contributed by atoms with Crippen LogP contribution in [0.2, 0.25) is 0 Å². The number of ether oxygens (including phenoxy) is 4. The van der Waals surface area contributed by atoms with Crippen LogP contribution in [0.25, 0.3) is 0 Å². The molecule has 3 fully saturated rings. The topological polar surface area (TPSA) is 139 Å². The zero-order valence-electron chi connectivity index (χ0n) is 12.1. The average molecular weight is 333 g/mol. The summed E-state index contributed by atoms with van der Waals surface area (Å²) < 4.78 is 21.8. The fourth-order valence-electron chi connectivity index (χ4n) is 3.29. The van der Waals surface area contributed by atoms with E-state index < -0.39 is 49.2 Å². The van der Waals surface area contributed by atoms with Crippen molar-refractivity contribution < 1.29 is 44.2 Å². The lowest BCUT2D eigenvalue weighted by Crippen LogP contribution is -2.42. The minimum atomic E-state index is -1.39. The van der Waals surface area contributed by atoms with Crippen molar-refractivity contribution in [3.8, 4) is 0 Å². The second kappa shape index (κ2) is 5.90. The van der Waals surface area contributed by atoms with Crippen LogP contribution in [0.5, 0.6) is 0 Å². The van der Waals surface area contributed by atoms with Gasteiger partial charge in [-0.05, 0) is 0 Å². The van der Waals surface area contributed by atoms with Crippen LogP contribution in [0.15, 0.2) is 5.16 Å². The largest absolute Gasteiger partial charge is 0.390 e. The lowest BCUT2D eigenvalue weighted by Gasteiger charge is -2.24. The molecule has 23 heavy (non-hydrogen) atoms. The third kappa shape index (κ3) is 2.65. The van der Waals surface area contributed by atoms with Gasteiger partial charge in [-0.2, -0.15) is 0 Å². The SMILES string of the molecule is OC1O[C@@H]2C3=NO[C@@H](CO[C@H]4[C@@H](CO[C@@H]2[C@H]1O)OC(O)[C@@H]4O)C3. The number of rotatable bonds is 0. The molecule has 0 saturated carbocycles. The van der Waals surface area contributed by atoms with E-state index in [2.05, 4.69) is 5.16 Å². The van der Waals surface area contributed by atoms with Gasteiger partial charge in [-0.3, -0.25) is 0 Å². The zero-order chi connectivity index (χ0) is 16.1. The van der Waals surface area contributed by atoms with Crippen molar-refractivity contribution in [2.24, 2.45) is 5.16 Å². The number of hydrogen-bond donors (Lipinski definition) is 4. The molecule has 130 valence electrons. The second-order valence-corrected chi connectivity index (χ2v) is 6.10. The van der Waals surface area contributed by atoms with E-state index in [9.17, 15) is 20.4 Å². The van der Waals surface area contributed by atoms with Crippen molar-refractivity contribution in [1.29, 1.82) is 0 Å². The highest BCUT2D eigenvalue weighted by molar-refractivity contribution is 5.90. The molecule has 4 N–H and O–H groups in total. The van der Waals surface area contributed by atoms with Crippen LogP contribution in [0.1, 0.15) is 6.42 Å². The second-order valence-electron chi connectivity index (χ2n) is 6.10. The Bertz CT molecular complexity index is 488. The normalized spacial score (nSPS) is 53.0. The van der Waals surface area contributed by atoms with Gasteiger partial charge in [0.05, 0.1) is 18.9 Å². The predicted octanol–water partition coefficient (Wildman–Crippen LogP) is -2.93. The molecule has 4 heterocycles. The zero-order valence-corrected chi connectivity index (χ0v) is 12.1. The van der Waals surface area contributed by atoms with Crippen LogP contribution in [-0.4, -0.2) is 94.7 Å². The Morgan fingerprint density at radius 3 is 2.39 bits per heavy atom. The molecule has 0 aromatic heterocycles. The molecule has 0 radical (unpaired) electrons. The third-order valence-corrected chi connectivity index (χ3v) is 4.53. The average Bonchev–Trinajstić information content (AvgIpc) is 3.16. The first kappa shape index (κ1) is 15.7. The van der Waals surface area contributed by atoms with Crippen LogP contribution in [0, 0.1) is 0 Å². The number of nitrogens with zero attached hydrogens (tertiary/aromatic N) is 1. The fraction of sp³-hybridized carbons (Fsp3) is 0.923. The molecule has 10 heteroatoms. The summed E-state index contributed by atoms with van der Waals surface area (Å²) in [6.45, 7) is 0.0930. The molecule has 9 atom stereocenters. The summed E-state index contributed by atoms with van der Waals surface area (Å²) in [5.41, 5.74) is 0.521. The van der Waals surface area contributed by atoms with Gasteiger partial charge in [-0.25, -0.2) is 0 Å². The summed E-state index contributed by atoms with van der Waals surface area (Å²) in [7, 11) is 0. The molecule has 4 aliphatic heterocycles. The molecule has 0 aliphatic carbocycles. The van der Waals surface area contributed by atoms with E-state index in [0.717, 1.165) is 0 Å². The van der Waals surface area contributed by atoms with Gasteiger partial charge in [-0.1, -0.05) is 5.16 Å². The van der Waals surface area contributed by atoms with Crippen LogP contribution in [-0.2, 0) is 23.8 Å². The molecule has 10 nitrogen and oxygen atoms in total. The third-order valence-electron chi connectivity index (χ3n) is 4.53. The van der Waals surface area contributed by atoms with E-state index in [0.29, 0.717) is 12.1 Å². The van der Waals surface area contributed by atoms with Gasteiger partial charge in [0.25, 0.3) is 0 Å². The van der Waals surface area contributed by atoms with Gasteiger partial charge >= 0.3 is 0 Å². The van der Waals surface area contributed by atoms with E-state index in [-0.39, 0.29) is 19.3 Å². The monoisotopic (exact) mass is 333 g/mol. The minimum Gasteiger partial charge on any atom is -0.390 e. The first-order chi connectivity index (χ1) is 11.0. The van der Waals surface area contributed by atoms with Crippen molar-refractivity contribution in [3.05, 3.63) is 0 Å². The van der Waals surface area contributed by atoms with E-state index in [1.807, 2.05) is 0 Å². The van der Waals surface area contributed by atoms with Gasteiger partial charge in [0.2, 0.25) is 0 Å². The first-order valence-corrected chi connectivity index (χ1v) is 7.53. The van der Waals surface area contributed by atoms with Gasteiger partial charge in [0.15, 0.2) is 18.7 Å². The number of hydrogen-bond acceptors (Lipinski definition) is 10. The lowest BCUT2D eigenvalue weighted by molar-refractivity contribution is -0.148. The smallest absolute Gasteiger partial charge is 0.184 e. The van der Waals surface area contributed by atoms with Crippen LogP contribution < -0.4 is 0 Å². The molecule has 4 rings (SSSR count). The highest BCUT2D eigenvalue weighted by atomic mass is 16.7. The van der Waals surface area contributed by atoms with Crippen molar-refractivity contribution in [3.63, 3.8) is 0 Å². The van der Waals surface area contributed by atoms with Crippen molar-refractivity contribution >= 4 is 5.71 Å². The quantitative estimate of drug-likeness (QED) is 0.367. The van der Waals surface area contributed by atoms with E-state index in [1.54, 1.807) is 0 Å². The summed E-state index contributed by atoms with van der Waals surface area (Å²) >= 11 is 0. The molecule has 0 amide bonds. The van der Waals surface area contributed by atoms with Crippen LogP contribution in [0.3, 0.4) is 0 Å². The van der Waals surface area contributed by atoms with Gasteiger partial charge in [0, 0.05) is 6.42 Å². The molecule has 0 aromatic carbocycles. The first-order valence-electron chi connectivity index (χ1n) is 7.53. The van der Waals surface area contributed by atoms with Crippen LogP contribution in [0.4, 0.5) is 0 Å². The van der Waals surface area contributed by atoms with E-state index >= 15 is 0 Å². The molecular weight excluding hydrogens is 314 g/mol. The number of fused-ring (bicyclic) bond motifs is 5. The Balaban J connectivity index is 1.57. The fourth-order valence-corrected chi connectivity index (χ4v) is 3.29. The van der Waals surface area contributed by atoms with Crippen molar-refractivity contribution in [2.75, 3.05) is 13.2 Å². The highest BCUT2D eigenvalue weighted by Gasteiger charge is 2.51. The van der Waals surface area contributed by atoms with Crippen molar-refractivity contribution in [2.45, 2.75) is 61.7 Å². The number of oxime groups is 1. The Morgan fingerprint density at radius 1 is 0.870 bits per heavy atom. The van der Waals surface area contributed by atoms with Gasteiger partial charge in [-0.15, -0.1) is 0 Å². The van der Waals surface area contributed by atoms with Crippen LogP contribution >= 0.6 is 0 Å². The number of aliphatic hydroxyl groups is 4. The maximum atomic E-state index is 10.0. The maximum absolute atomic E-state index is 10.0. The maximum Gasteiger partial charge on any atom is 0.184 e. The Labute approximate surface area is 131 Å². The Morgan fingerprint density at radius 2 is 1.57 bits per heavy atom. The molecule has 2 unspecified atom stereocenters. The highest BCUT2D eigenvalue weighted by Crippen LogP contribution is 2.31. The number of aliphatic hydroxyl groups excluding tert-OH is 4. The van der Waals surface area contributed by atoms with Gasteiger partial charge < -0.3 is 44.2 Å². The summed E-state index contributed by atoms with van der Waals surface area (Å²) in [6, 6.07) is 0. The molecule has 2 bridgehead atoms. The summed E-state index contributed by atoms with van der Waals surface area (Å²) in [6.07, 6.45) is -8.32. The van der Waals surface area contributed by atoms with E-state index in [4.69, 9.17) is 23.8 Å². The van der Waals surface area contributed by atoms with E-state index in [1.165, 1.54) is 0 Å².